The molecule has 0 spiro atoms. The summed E-state index contributed by atoms with van der Waals surface area (Å²) in [5.41, 5.74) is 6.27. The van der Waals surface area contributed by atoms with Crippen molar-refractivity contribution in [1.29, 1.82) is 0 Å². The van der Waals surface area contributed by atoms with E-state index in [4.69, 9.17) is 5.73 Å². The van der Waals surface area contributed by atoms with Gasteiger partial charge in [0, 0.05) is 25.2 Å². The smallest absolute Gasteiger partial charge is 0.227 e. The molecule has 5 atom stereocenters. The fraction of sp³-hybridized carbons (Fsp3) is 0.929. The van der Waals surface area contributed by atoms with Gasteiger partial charge in [-0.05, 0) is 51.6 Å². The minimum atomic E-state index is 0.129. The number of hydrogen-bond donors (Lipinski definition) is 1. The van der Waals surface area contributed by atoms with Crippen molar-refractivity contribution in [2.45, 2.75) is 37.8 Å². The van der Waals surface area contributed by atoms with Crippen LogP contribution in [0.2, 0.25) is 0 Å². The van der Waals surface area contributed by atoms with Crippen molar-refractivity contribution in [1.82, 2.24) is 9.80 Å². The Morgan fingerprint density at radius 1 is 1.22 bits per heavy atom. The molecule has 2 bridgehead atoms. The summed E-state index contributed by atoms with van der Waals surface area (Å²) in [4.78, 5) is 16.9. The van der Waals surface area contributed by atoms with Crippen LogP contribution in [0.25, 0.3) is 0 Å². The van der Waals surface area contributed by atoms with E-state index in [2.05, 4.69) is 23.9 Å². The molecule has 0 aromatic rings. The molecular weight excluding hydrogens is 226 g/mol. The average molecular weight is 251 g/mol. The SMILES string of the molecule is CN(C)C1CCN(C(=O)C2C3CCC(C3)C2N)C1. The van der Waals surface area contributed by atoms with Crippen LogP contribution in [0, 0.1) is 17.8 Å². The van der Waals surface area contributed by atoms with Crippen molar-refractivity contribution in [2.75, 3.05) is 27.2 Å². The average Bonchev–Trinajstić information content (AvgIpc) is 3.03. The number of hydrogen-bond acceptors (Lipinski definition) is 3. The molecule has 3 fully saturated rings. The van der Waals surface area contributed by atoms with E-state index in [1.807, 2.05) is 0 Å². The van der Waals surface area contributed by atoms with Gasteiger partial charge in [0.25, 0.3) is 0 Å². The summed E-state index contributed by atoms with van der Waals surface area (Å²) in [6.45, 7) is 1.81. The Bertz CT molecular complexity index is 342. The first-order chi connectivity index (χ1) is 8.58. The third-order valence-electron chi connectivity index (χ3n) is 5.47. The molecular formula is C14H25N3O. The predicted molar refractivity (Wildman–Crippen MR) is 71.0 cm³/mol. The Morgan fingerprint density at radius 2 is 1.94 bits per heavy atom. The Hall–Kier alpha value is -0.610. The largest absolute Gasteiger partial charge is 0.341 e. The molecule has 1 amide bonds. The highest BCUT2D eigenvalue weighted by Crippen LogP contribution is 2.48. The van der Waals surface area contributed by atoms with Crippen LogP contribution in [0.3, 0.4) is 0 Å². The van der Waals surface area contributed by atoms with E-state index < -0.39 is 0 Å². The molecule has 102 valence electrons. The summed E-state index contributed by atoms with van der Waals surface area (Å²) in [6.07, 6.45) is 4.77. The molecule has 1 heterocycles. The van der Waals surface area contributed by atoms with Gasteiger partial charge in [0.05, 0.1) is 5.92 Å². The monoisotopic (exact) mass is 251 g/mol. The molecule has 0 aromatic heterocycles. The van der Waals surface area contributed by atoms with Crippen molar-refractivity contribution in [3.8, 4) is 0 Å². The van der Waals surface area contributed by atoms with E-state index in [9.17, 15) is 4.79 Å². The third kappa shape index (κ3) is 1.86. The normalized spacial score (nSPS) is 43.1. The number of carbonyl (C=O) groups excluding carboxylic acids is 1. The molecule has 5 unspecified atom stereocenters. The molecule has 4 nitrogen and oxygen atoms in total. The Balaban J connectivity index is 1.65. The van der Waals surface area contributed by atoms with Gasteiger partial charge in [0.2, 0.25) is 5.91 Å². The first-order valence-corrected chi connectivity index (χ1v) is 7.28. The lowest BCUT2D eigenvalue weighted by atomic mass is 9.84. The fourth-order valence-electron chi connectivity index (χ4n) is 4.28. The Morgan fingerprint density at radius 3 is 2.50 bits per heavy atom. The quantitative estimate of drug-likeness (QED) is 0.778. The van der Waals surface area contributed by atoms with E-state index in [1.54, 1.807) is 0 Å². The highest BCUT2D eigenvalue weighted by Gasteiger charge is 2.50. The highest BCUT2D eigenvalue weighted by molar-refractivity contribution is 5.81. The van der Waals surface area contributed by atoms with Crippen molar-refractivity contribution in [3.63, 3.8) is 0 Å². The van der Waals surface area contributed by atoms with Crippen LogP contribution in [-0.4, -0.2) is 55.0 Å². The van der Waals surface area contributed by atoms with E-state index in [0.29, 0.717) is 23.8 Å². The number of rotatable bonds is 2. The van der Waals surface area contributed by atoms with Crippen LogP contribution >= 0.6 is 0 Å². The maximum atomic E-state index is 12.6. The van der Waals surface area contributed by atoms with Gasteiger partial charge in [0.15, 0.2) is 0 Å². The van der Waals surface area contributed by atoms with Crippen molar-refractivity contribution in [2.24, 2.45) is 23.5 Å². The Kier molecular flexibility index (Phi) is 3.10. The second-order valence-electron chi connectivity index (χ2n) is 6.63. The van der Waals surface area contributed by atoms with Gasteiger partial charge < -0.3 is 15.5 Å². The second-order valence-corrected chi connectivity index (χ2v) is 6.63. The fourth-order valence-corrected chi connectivity index (χ4v) is 4.28. The molecule has 0 radical (unpaired) electrons. The number of carbonyl (C=O) groups is 1. The van der Waals surface area contributed by atoms with E-state index in [-0.39, 0.29) is 12.0 Å². The molecule has 4 heteroatoms. The summed E-state index contributed by atoms with van der Waals surface area (Å²) >= 11 is 0. The predicted octanol–water partition coefficient (Wildman–Crippen LogP) is 0.522. The zero-order valence-corrected chi connectivity index (χ0v) is 11.5. The summed E-state index contributed by atoms with van der Waals surface area (Å²) in [6, 6.07) is 0.665. The minimum Gasteiger partial charge on any atom is -0.341 e. The van der Waals surface area contributed by atoms with Gasteiger partial charge in [0.1, 0.15) is 0 Å². The van der Waals surface area contributed by atoms with Crippen LogP contribution in [0.4, 0.5) is 0 Å². The van der Waals surface area contributed by atoms with Crippen LogP contribution in [0.5, 0.6) is 0 Å². The molecule has 2 aliphatic carbocycles. The van der Waals surface area contributed by atoms with Crippen LogP contribution in [-0.2, 0) is 4.79 Å². The lowest BCUT2D eigenvalue weighted by Crippen LogP contribution is -2.47. The second kappa shape index (κ2) is 4.49. The zero-order valence-electron chi connectivity index (χ0n) is 11.5. The number of likely N-dealkylation sites (tertiary alicyclic amines) is 1. The summed E-state index contributed by atoms with van der Waals surface area (Å²) < 4.78 is 0. The molecule has 18 heavy (non-hydrogen) atoms. The third-order valence-corrected chi connectivity index (χ3v) is 5.47. The molecule has 3 aliphatic rings. The van der Waals surface area contributed by atoms with Gasteiger partial charge in [-0.1, -0.05) is 0 Å². The van der Waals surface area contributed by atoms with Crippen LogP contribution < -0.4 is 5.73 Å². The lowest BCUT2D eigenvalue weighted by Gasteiger charge is -2.31. The van der Waals surface area contributed by atoms with Gasteiger partial charge in [-0.25, -0.2) is 0 Å². The number of amides is 1. The molecule has 0 aromatic carbocycles. The van der Waals surface area contributed by atoms with Gasteiger partial charge in [-0.3, -0.25) is 4.79 Å². The lowest BCUT2D eigenvalue weighted by molar-refractivity contribution is -0.136. The van der Waals surface area contributed by atoms with Crippen molar-refractivity contribution < 1.29 is 4.79 Å². The van der Waals surface area contributed by atoms with Crippen molar-refractivity contribution in [3.05, 3.63) is 0 Å². The standard InChI is InChI=1S/C14H25N3O/c1-16(2)11-5-6-17(8-11)14(18)12-9-3-4-10(7-9)13(12)15/h9-13H,3-8,15H2,1-2H3. The number of nitrogens with zero attached hydrogens (tertiary/aromatic N) is 2. The summed E-state index contributed by atoms with van der Waals surface area (Å²) in [5, 5.41) is 0. The van der Waals surface area contributed by atoms with Gasteiger partial charge in [-0.15, -0.1) is 0 Å². The van der Waals surface area contributed by atoms with E-state index in [1.165, 1.54) is 19.3 Å². The molecule has 1 saturated heterocycles. The first-order valence-electron chi connectivity index (χ1n) is 7.28. The van der Waals surface area contributed by atoms with Gasteiger partial charge >= 0.3 is 0 Å². The van der Waals surface area contributed by atoms with Crippen LogP contribution in [0.15, 0.2) is 0 Å². The number of nitrogens with two attached hydrogens (primary N) is 1. The number of likely N-dealkylation sites (N-methyl/N-ethyl adjacent to an activating group) is 1. The van der Waals surface area contributed by atoms with Crippen molar-refractivity contribution >= 4 is 5.91 Å². The summed E-state index contributed by atoms with van der Waals surface area (Å²) in [7, 11) is 4.20. The maximum Gasteiger partial charge on any atom is 0.227 e. The van der Waals surface area contributed by atoms with E-state index >= 15 is 0 Å². The molecule has 1 aliphatic heterocycles. The molecule has 2 N–H and O–H groups in total. The van der Waals surface area contributed by atoms with Gasteiger partial charge in [-0.2, -0.15) is 0 Å². The molecule has 3 rings (SSSR count). The molecule has 2 saturated carbocycles. The van der Waals surface area contributed by atoms with Crippen LogP contribution in [0.1, 0.15) is 25.7 Å². The number of fused-ring (bicyclic) bond motifs is 2. The Labute approximate surface area is 109 Å². The summed E-state index contributed by atoms with van der Waals surface area (Å²) in [5.74, 6) is 1.68. The van der Waals surface area contributed by atoms with E-state index in [0.717, 1.165) is 19.5 Å². The highest BCUT2D eigenvalue weighted by atomic mass is 16.2. The topological polar surface area (TPSA) is 49.6 Å². The maximum absolute atomic E-state index is 12.6. The minimum absolute atomic E-state index is 0.129. The zero-order chi connectivity index (χ0) is 12.9. The first kappa shape index (κ1) is 12.4.